The normalized spacial score (nSPS) is 23.3. The number of nitriles is 1. The maximum absolute atomic E-state index is 14.7. The smallest absolute Gasteiger partial charge is 0.259 e. The van der Waals surface area contributed by atoms with Crippen LogP contribution in [0.5, 0.6) is 5.75 Å². The van der Waals surface area contributed by atoms with Gasteiger partial charge in [0.1, 0.15) is 11.9 Å². The molecule has 164 valence electrons. The third-order valence-corrected chi connectivity index (χ3v) is 6.25. The Balaban J connectivity index is 1.71. The van der Waals surface area contributed by atoms with Gasteiger partial charge in [-0.15, -0.1) is 0 Å². The number of aliphatic imine (C=N–C) groups is 1. The van der Waals surface area contributed by atoms with Gasteiger partial charge in [-0.25, -0.2) is 13.8 Å². The molecule has 0 aliphatic carbocycles. The minimum absolute atomic E-state index is 0.00760. The van der Waals surface area contributed by atoms with E-state index in [0.29, 0.717) is 16.9 Å². The number of carbonyl (C=O) groups excluding carboxylic acids is 1. The maximum Gasteiger partial charge on any atom is 0.259 e. The Bertz CT molecular complexity index is 1380. The van der Waals surface area contributed by atoms with E-state index >= 15 is 0 Å². The molecule has 1 unspecified atom stereocenters. The molecule has 0 aromatic heterocycles. The molecule has 2 heterocycles. The number of fused-ring (bicyclic) bond motifs is 2. The van der Waals surface area contributed by atoms with Gasteiger partial charge in [0, 0.05) is 17.0 Å². The largest absolute Gasteiger partial charge is 0.485 e. The molecule has 5 rings (SSSR count). The summed E-state index contributed by atoms with van der Waals surface area (Å²) in [7, 11) is 0. The first-order chi connectivity index (χ1) is 15.8. The fraction of sp³-hybridized carbons (Fsp3) is 0.160. The molecule has 2 aliphatic rings. The van der Waals surface area contributed by atoms with Gasteiger partial charge in [-0.05, 0) is 41.5 Å². The molecule has 6 nitrogen and oxygen atoms in total. The minimum atomic E-state index is -1.50. The second-order valence-corrected chi connectivity index (χ2v) is 8.09. The van der Waals surface area contributed by atoms with E-state index in [0.717, 1.165) is 17.2 Å². The number of rotatable bonds is 2. The van der Waals surface area contributed by atoms with Gasteiger partial charge in [0.05, 0.1) is 11.6 Å². The molecule has 1 spiro atoms. The first kappa shape index (κ1) is 20.6. The summed E-state index contributed by atoms with van der Waals surface area (Å²) in [6, 6.07) is 18.2. The molecule has 33 heavy (non-hydrogen) atoms. The quantitative estimate of drug-likeness (QED) is 0.626. The van der Waals surface area contributed by atoms with Gasteiger partial charge in [-0.1, -0.05) is 37.3 Å². The highest BCUT2D eigenvalue weighted by molar-refractivity contribution is 6.08. The number of nitrogens with two attached hydrogens (primary N) is 1. The Morgan fingerprint density at radius 2 is 1.88 bits per heavy atom. The Morgan fingerprint density at radius 3 is 2.61 bits per heavy atom. The SMILES string of the molecule is CC1[C@H](c2cccc(F)c2F)Oc2ccc(-c3cccc(C#N)c3)cc2[C@]12N=C(N)NC2=O. The van der Waals surface area contributed by atoms with E-state index in [-0.39, 0.29) is 11.5 Å². The van der Waals surface area contributed by atoms with Crippen molar-refractivity contribution in [3.8, 4) is 22.9 Å². The Morgan fingerprint density at radius 1 is 1.12 bits per heavy atom. The molecule has 1 amide bonds. The molecule has 8 heteroatoms. The van der Waals surface area contributed by atoms with Crippen molar-refractivity contribution in [2.75, 3.05) is 0 Å². The van der Waals surface area contributed by atoms with Crippen LogP contribution in [-0.4, -0.2) is 11.9 Å². The van der Waals surface area contributed by atoms with Crippen molar-refractivity contribution in [2.45, 2.75) is 18.6 Å². The van der Waals surface area contributed by atoms with Crippen LogP contribution in [0.25, 0.3) is 11.1 Å². The molecule has 3 atom stereocenters. The lowest BCUT2D eigenvalue weighted by molar-refractivity contribution is -0.128. The zero-order valence-electron chi connectivity index (χ0n) is 17.5. The number of benzene rings is 3. The van der Waals surface area contributed by atoms with E-state index in [2.05, 4.69) is 16.4 Å². The van der Waals surface area contributed by atoms with Crippen LogP contribution in [0.15, 0.2) is 65.7 Å². The first-order valence-corrected chi connectivity index (χ1v) is 10.3. The van der Waals surface area contributed by atoms with Crippen LogP contribution in [-0.2, 0) is 10.3 Å². The fourth-order valence-electron chi connectivity index (χ4n) is 4.63. The fourth-order valence-corrected chi connectivity index (χ4v) is 4.63. The average Bonchev–Trinajstić information content (AvgIpc) is 3.12. The standard InChI is InChI=1S/C25H18F2N4O2/c1-13-22(17-6-3-7-19(26)21(17)27)33-20-9-8-16(15-5-2-4-14(10-15)12-28)11-18(20)25(13)23(32)30-24(29)31-25/h2-11,13,22H,1H3,(H3,29,30,31,32)/t13?,22-,25-/m1/s1. The topological polar surface area (TPSA) is 100 Å². The van der Waals surface area contributed by atoms with Crippen molar-refractivity contribution in [3.05, 3.63) is 89.0 Å². The molecule has 3 aromatic rings. The van der Waals surface area contributed by atoms with E-state index in [4.69, 9.17) is 10.5 Å². The summed E-state index contributed by atoms with van der Waals surface area (Å²) in [4.78, 5) is 17.7. The molecule has 0 fully saturated rings. The number of carbonyl (C=O) groups is 1. The van der Waals surface area contributed by atoms with E-state index in [1.54, 1.807) is 43.3 Å². The van der Waals surface area contributed by atoms with E-state index in [9.17, 15) is 18.8 Å². The Kier molecular flexibility index (Phi) is 4.64. The third-order valence-electron chi connectivity index (χ3n) is 6.25. The third kappa shape index (κ3) is 3.04. The summed E-state index contributed by atoms with van der Waals surface area (Å²) >= 11 is 0. The number of ether oxygens (including phenoxy) is 1. The summed E-state index contributed by atoms with van der Waals surface area (Å²) < 4.78 is 34.8. The predicted octanol–water partition coefficient (Wildman–Crippen LogP) is 3.91. The van der Waals surface area contributed by atoms with Gasteiger partial charge in [0.25, 0.3) is 5.91 Å². The molecule has 3 N–H and O–H groups in total. The van der Waals surface area contributed by atoms with Crippen molar-refractivity contribution in [1.29, 1.82) is 5.26 Å². The molecule has 0 saturated carbocycles. The zero-order chi connectivity index (χ0) is 23.3. The molecular formula is C25H18F2N4O2. The summed E-state index contributed by atoms with van der Waals surface area (Å²) in [5.74, 6) is -2.97. The molecular weight excluding hydrogens is 426 g/mol. The number of guanidine groups is 1. The van der Waals surface area contributed by atoms with Crippen LogP contribution < -0.4 is 15.8 Å². The number of amides is 1. The minimum Gasteiger partial charge on any atom is -0.485 e. The van der Waals surface area contributed by atoms with Gasteiger partial charge >= 0.3 is 0 Å². The first-order valence-electron chi connectivity index (χ1n) is 10.3. The van der Waals surface area contributed by atoms with Crippen LogP contribution in [0.2, 0.25) is 0 Å². The Labute approximate surface area is 188 Å². The lowest BCUT2D eigenvalue weighted by atomic mass is 9.72. The summed E-state index contributed by atoms with van der Waals surface area (Å²) in [6.07, 6.45) is -0.985. The zero-order valence-corrected chi connectivity index (χ0v) is 17.5. The van der Waals surface area contributed by atoms with Gasteiger partial charge < -0.3 is 10.5 Å². The molecule has 0 radical (unpaired) electrons. The second-order valence-electron chi connectivity index (χ2n) is 8.09. The number of hydrogen-bond donors (Lipinski definition) is 2. The van der Waals surface area contributed by atoms with E-state index in [1.807, 2.05) is 6.07 Å². The lowest BCUT2D eigenvalue weighted by Crippen LogP contribution is -2.48. The molecule has 2 aliphatic heterocycles. The van der Waals surface area contributed by atoms with Crippen molar-refractivity contribution in [1.82, 2.24) is 5.32 Å². The average molecular weight is 444 g/mol. The van der Waals surface area contributed by atoms with Crippen LogP contribution in [0.3, 0.4) is 0 Å². The summed E-state index contributed by atoms with van der Waals surface area (Å²) in [5, 5.41) is 11.8. The summed E-state index contributed by atoms with van der Waals surface area (Å²) in [6.45, 7) is 1.70. The van der Waals surface area contributed by atoms with Crippen LogP contribution in [0.4, 0.5) is 8.78 Å². The van der Waals surface area contributed by atoms with E-state index < -0.39 is 35.1 Å². The van der Waals surface area contributed by atoms with Crippen LogP contribution in [0.1, 0.15) is 29.7 Å². The summed E-state index contributed by atoms with van der Waals surface area (Å²) in [5.41, 5.74) is 6.84. The lowest BCUT2D eigenvalue weighted by Gasteiger charge is -2.42. The highest BCUT2D eigenvalue weighted by Gasteiger charge is 2.57. The molecule has 0 saturated heterocycles. The van der Waals surface area contributed by atoms with Gasteiger partial charge in [-0.3, -0.25) is 10.1 Å². The van der Waals surface area contributed by atoms with Crippen LogP contribution in [0, 0.1) is 28.9 Å². The van der Waals surface area contributed by atoms with Crippen LogP contribution >= 0.6 is 0 Å². The number of nitrogens with zero attached hydrogens (tertiary/aromatic N) is 2. The van der Waals surface area contributed by atoms with Crippen molar-refractivity contribution in [3.63, 3.8) is 0 Å². The predicted molar refractivity (Wildman–Crippen MR) is 117 cm³/mol. The van der Waals surface area contributed by atoms with Crippen molar-refractivity contribution < 1.29 is 18.3 Å². The van der Waals surface area contributed by atoms with Gasteiger partial charge in [-0.2, -0.15) is 5.26 Å². The Hall–Kier alpha value is -4.25. The van der Waals surface area contributed by atoms with Crippen molar-refractivity contribution in [2.24, 2.45) is 16.6 Å². The molecule has 3 aromatic carbocycles. The van der Waals surface area contributed by atoms with Gasteiger partial charge in [0.15, 0.2) is 23.1 Å². The number of halogens is 2. The maximum atomic E-state index is 14.7. The van der Waals surface area contributed by atoms with Gasteiger partial charge in [0.2, 0.25) is 0 Å². The number of hydrogen-bond acceptors (Lipinski definition) is 5. The second kappa shape index (κ2) is 7.41. The highest BCUT2D eigenvalue weighted by atomic mass is 19.2. The van der Waals surface area contributed by atoms with Crippen molar-refractivity contribution >= 4 is 11.9 Å². The molecule has 0 bridgehead atoms. The highest BCUT2D eigenvalue weighted by Crippen LogP contribution is 2.53. The monoisotopic (exact) mass is 444 g/mol. The number of nitrogens with one attached hydrogen (secondary N) is 1. The van der Waals surface area contributed by atoms with E-state index in [1.165, 1.54) is 12.1 Å².